The molecule has 3 aromatic rings. The van der Waals surface area contributed by atoms with Crippen LogP contribution in [0.5, 0.6) is 0 Å². The van der Waals surface area contributed by atoms with E-state index in [0.717, 1.165) is 5.69 Å². The quantitative estimate of drug-likeness (QED) is 0.518. The predicted molar refractivity (Wildman–Crippen MR) is 94.6 cm³/mol. The zero-order valence-electron chi connectivity index (χ0n) is 14.3. The van der Waals surface area contributed by atoms with Gasteiger partial charge in [0, 0.05) is 19.3 Å². The lowest BCUT2D eigenvalue weighted by atomic mass is 10.2. The van der Waals surface area contributed by atoms with E-state index in [2.05, 4.69) is 5.10 Å². The molecule has 27 heavy (non-hydrogen) atoms. The number of ether oxygens (including phenoxy) is 1. The lowest BCUT2D eigenvalue weighted by Gasteiger charge is -2.26. The maximum absolute atomic E-state index is 13.0. The Morgan fingerprint density at radius 2 is 1.85 bits per heavy atom. The van der Waals surface area contributed by atoms with Crippen molar-refractivity contribution in [2.75, 3.05) is 26.3 Å². The monoisotopic (exact) mass is 368 g/mol. The van der Waals surface area contributed by atoms with Crippen LogP contribution in [0, 0.1) is 10.1 Å². The number of nitrogens with zero attached hydrogens (tertiary/aromatic N) is 4. The number of morpholine rings is 1. The average molecular weight is 368 g/mol. The van der Waals surface area contributed by atoms with Crippen LogP contribution in [-0.4, -0.2) is 51.8 Å². The zero-order chi connectivity index (χ0) is 18.8. The van der Waals surface area contributed by atoms with Gasteiger partial charge >= 0.3 is 5.88 Å². The van der Waals surface area contributed by atoms with Crippen LogP contribution in [0.15, 0.2) is 53.1 Å². The summed E-state index contributed by atoms with van der Waals surface area (Å²) in [6.07, 6.45) is 1.62. The van der Waals surface area contributed by atoms with Crippen molar-refractivity contribution >= 4 is 11.8 Å². The highest BCUT2D eigenvalue weighted by Gasteiger charge is 2.27. The molecular formula is C18H16N4O5. The number of rotatable bonds is 4. The molecule has 1 aromatic carbocycles. The Hall–Kier alpha value is -3.46. The third kappa shape index (κ3) is 3.32. The van der Waals surface area contributed by atoms with Crippen LogP contribution in [0.25, 0.3) is 17.1 Å². The Kier molecular flexibility index (Phi) is 4.43. The molecule has 1 aliphatic rings. The van der Waals surface area contributed by atoms with Gasteiger partial charge in [-0.1, -0.05) is 18.2 Å². The second kappa shape index (κ2) is 7.04. The predicted octanol–water partition coefficient (Wildman–Crippen LogP) is 2.51. The van der Waals surface area contributed by atoms with Gasteiger partial charge in [-0.15, -0.1) is 0 Å². The molecule has 0 radical (unpaired) electrons. The number of para-hydroxylation sites is 1. The van der Waals surface area contributed by atoms with Gasteiger partial charge in [0.25, 0.3) is 5.91 Å². The fourth-order valence-corrected chi connectivity index (χ4v) is 2.92. The molecule has 138 valence electrons. The number of hydrogen-bond acceptors (Lipinski definition) is 6. The minimum atomic E-state index is -0.624. The molecule has 2 aromatic heterocycles. The maximum atomic E-state index is 13.0. The van der Waals surface area contributed by atoms with Crippen LogP contribution in [0.4, 0.5) is 5.88 Å². The molecule has 0 unspecified atom stereocenters. The van der Waals surface area contributed by atoms with Crippen LogP contribution in [0.1, 0.15) is 10.4 Å². The van der Waals surface area contributed by atoms with Gasteiger partial charge in [0.05, 0.1) is 30.5 Å². The van der Waals surface area contributed by atoms with E-state index in [1.807, 2.05) is 30.3 Å². The number of hydrogen-bond donors (Lipinski definition) is 0. The summed E-state index contributed by atoms with van der Waals surface area (Å²) in [6.45, 7) is 1.90. The first-order chi connectivity index (χ1) is 13.1. The summed E-state index contributed by atoms with van der Waals surface area (Å²) >= 11 is 0. The molecule has 0 spiro atoms. The van der Waals surface area contributed by atoms with E-state index in [0.29, 0.717) is 31.9 Å². The summed E-state index contributed by atoms with van der Waals surface area (Å²) in [5, 5.41) is 15.4. The van der Waals surface area contributed by atoms with Crippen LogP contribution in [0.2, 0.25) is 0 Å². The minimum absolute atomic E-state index is 0.174. The topological polar surface area (TPSA) is 104 Å². The number of furan rings is 1. The Morgan fingerprint density at radius 1 is 1.11 bits per heavy atom. The summed E-state index contributed by atoms with van der Waals surface area (Å²) < 4.78 is 12.2. The Morgan fingerprint density at radius 3 is 2.52 bits per heavy atom. The molecule has 0 atom stereocenters. The third-order valence-corrected chi connectivity index (χ3v) is 4.27. The molecule has 0 N–H and O–H groups in total. The van der Waals surface area contributed by atoms with Gasteiger partial charge in [-0.2, -0.15) is 5.10 Å². The number of carbonyl (C=O) groups excluding carboxylic acids is 1. The van der Waals surface area contributed by atoms with Crippen LogP contribution in [-0.2, 0) is 4.74 Å². The highest BCUT2D eigenvalue weighted by molar-refractivity contribution is 5.99. The fourth-order valence-electron chi connectivity index (χ4n) is 2.92. The first kappa shape index (κ1) is 17.0. The summed E-state index contributed by atoms with van der Waals surface area (Å²) in [4.78, 5) is 25.0. The zero-order valence-corrected chi connectivity index (χ0v) is 14.3. The van der Waals surface area contributed by atoms with Crippen molar-refractivity contribution in [3.63, 3.8) is 0 Å². The number of aromatic nitrogens is 2. The third-order valence-electron chi connectivity index (χ3n) is 4.27. The van der Waals surface area contributed by atoms with Gasteiger partial charge < -0.3 is 14.1 Å². The molecular weight excluding hydrogens is 352 g/mol. The van der Waals surface area contributed by atoms with Gasteiger partial charge in [0.2, 0.25) is 0 Å². The molecule has 0 aliphatic carbocycles. The van der Waals surface area contributed by atoms with E-state index >= 15 is 0 Å². The number of benzene rings is 1. The van der Waals surface area contributed by atoms with Crippen molar-refractivity contribution in [1.29, 1.82) is 0 Å². The van der Waals surface area contributed by atoms with Crippen molar-refractivity contribution < 1.29 is 18.9 Å². The van der Waals surface area contributed by atoms with Crippen molar-refractivity contribution in [1.82, 2.24) is 14.7 Å². The molecule has 1 saturated heterocycles. The Bertz CT molecular complexity index is 973. The van der Waals surface area contributed by atoms with Crippen molar-refractivity contribution in [3.8, 4) is 17.1 Å². The smallest absolute Gasteiger partial charge is 0.399 e. The number of amides is 1. The lowest BCUT2D eigenvalue weighted by molar-refractivity contribution is -0.401. The molecule has 9 nitrogen and oxygen atoms in total. The second-order valence-electron chi connectivity index (χ2n) is 5.97. The van der Waals surface area contributed by atoms with Crippen molar-refractivity contribution in [2.24, 2.45) is 0 Å². The normalized spacial score (nSPS) is 14.3. The van der Waals surface area contributed by atoms with Crippen molar-refractivity contribution in [2.45, 2.75) is 0 Å². The standard InChI is InChI=1S/C18H16N4O5/c23-18(20-8-10-26-11-9-20)14-12-21(13-4-2-1-3-5-13)19-17(14)15-6-7-16(27-15)22(24)25/h1-7,12H,8-11H2. The molecule has 1 amide bonds. The van der Waals surface area contributed by atoms with Gasteiger partial charge in [-0.25, -0.2) is 4.68 Å². The van der Waals surface area contributed by atoms with Gasteiger partial charge in [-0.3, -0.25) is 14.9 Å². The summed E-state index contributed by atoms with van der Waals surface area (Å²) in [5.74, 6) is -0.438. The SMILES string of the molecule is O=C(c1cn(-c2ccccc2)nc1-c1ccc([N+](=O)[O-])o1)N1CCOCC1. The first-order valence-corrected chi connectivity index (χ1v) is 8.40. The van der Waals surface area contributed by atoms with E-state index in [1.54, 1.807) is 15.8 Å². The highest BCUT2D eigenvalue weighted by atomic mass is 16.6. The first-order valence-electron chi connectivity index (χ1n) is 8.40. The van der Waals surface area contributed by atoms with E-state index in [4.69, 9.17) is 9.15 Å². The summed E-state index contributed by atoms with van der Waals surface area (Å²) in [6, 6.07) is 12.0. The average Bonchev–Trinajstić information content (AvgIpc) is 3.36. The number of nitro groups is 1. The maximum Gasteiger partial charge on any atom is 0.433 e. The Balaban J connectivity index is 1.78. The molecule has 1 aliphatic heterocycles. The van der Waals surface area contributed by atoms with Crippen LogP contribution < -0.4 is 0 Å². The second-order valence-corrected chi connectivity index (χ2v) is 5.97. The molecule has 3 heterocycles. The lowest BCUT2D eigenvalue weighted by Crippen LogP contribution is -2.40. The van der Waals surface area contributed by atoms with E-state index < -0.39 is 10.8 Å². The summed E-state index contributed by atoms with van der Waals surface area (Å²) in [5.41, 5.74) is 1.36. The van der Waals surface area contributed by atoms with Gasteiger partial charge in [0.1, 0.15) is 10.6 Å². The number of carbonyl (C=O) groups is 1. The molecule has 0 saturated carbocycles. The van der Waals surface area contributed by atoms with Crippen LogP contribution in [0.3, 0.4) is 0 Å². The largest absolute Gasteiger partial charge is 0.433 e. The minimum Gasteiger partial charge on any atom is -0.399 e. The fraction of sp³-hybridized carbons (Fsp3) is 0.222. The van der Waals surface area contributed by atoms with Gasteiger partial charge in [-0.05, 0) is 18.2 Å². The Labute approximate surface area is 153 Å². The van der Waals surface area contributed by atoms with E-state index in [9.17, 15) is 14.9 Å². The molecule has 4 rings (SSSR count). The molecule has 1 fully saturated rings. The van der Waals surface area contributed by atoms with E-state index in [1.165, 1.54) is 12.1 Å². The molecule has 0 bridgehead atoms. The highest BCUT2D eigenvalue weighted by Crippen LogP contribution is 2.29. The van der Waals surface area contributed by atoms with E-state index in [-0.39, 0.29) is 17.4 Å². The molecule has 9 heteroatoms. The van der Waals surface area contributed by atoms with Gasteiger partial charge in [0.15, 0.2) is 5.76 Å². The van der Waals surface area contributed by atoms with Crippen LogP contribution >= 0.6 is 0 Å². The summed E-state index contributed by atoms with van der Waals surface area (Å²) in [7, 11) is 0. The van der Waals surface area contributed by atoms with Crippen molar-refractivity contribution in [3.05, 3.63) is 64.3 Å².